The number of nitro benzene ring substituents is 1. The molecule has 158 valence electrons. The molecule has 0 radical (unpaired) electrons. The van der Waals surface area contributed by atoms with Gasteiger partial charge in [0, 0.05) is 17.2 Å². The van der Waals surface area contributed by atoms with Crippen LogP contribution >= 0.6 is 0 Å². The zero-order valence-corrected chi connectivity index (χ0v) is 15.1. The van der Waals surface area contributed by atoms with Crippen molar-refractivity contribution in [2.75, 3.05) is 0 Å². The maximum Gasteiger partial charge on any atom is 0.420 e. The smallest absolute Gasteiger partial charge is 0.258 e. The Kier molecular flexibility index (Phi) is 5.95. The first kappa shape index (κ1) is 22.6. The lowest BCUT2D eigenvalue weighted by Crippen LogP contribution is -2.29. The molecular formula is C16H11F6NO5S. The van der Waals surface area contributed by atoms with E-state index in [2.05, 4.69) is 4.18 Å². The second-order valence-corrected chi connectivity index (χ2v) is 7.25. The number of nitro groups is 1. The van der Waals surface area contributed by atoms with Crippen molar-refractivity contribution in [2.45, 2.75) is 30.3 Å². The normalized spacial score (nSPS) is 13.9. The van der Waals surface area contributed by atoms with Gasteiger partial charge in [-0.05, 0) is 19.1 Å². The maximum atomic E-state index is 13.5. The third-order valence-corrected chi connectivity index (χ3v) is 5.22. The number of hydrogen-bond acceptors (Lipinski definition) is 5. The van der Waals surface area contributed by atoms with E-state index in [1.165, 1.54) is 0 Å². The van der Waals surface area contributed by atoms with E-state index >= 15 is 0 Å². The van der Waals surface area contributed by atoms with Gasteiger partial charge in [-0.25, -0.2) is 4.18 Å². The van der Waals surface area contributed by atoms with Crippen LogP contribution in [-0.4, -0.2) is 19.5 Å². The van der Waals surface area contributed by atoms with Gasteiger partial charge in [-0.3, -0.25) is 10.1 Å². The molecule has 6 nitrogen and oxygen atoms in total. The number of nitrogens with zero attached hydrogens (tertiary/aromatic N) is 1. The first-order chi connectivity index (χ1) is 13.2. The Bertz CT molecular complexity index is 1030. The summed E-state index contributed by atoms with van der Waals surface area (Å²) in [6.07, 6.45) is -14.2. The molecule has 0 aliphatic heterocycles. The van der Waals surface area contributed by atoms with Crippen LogP contribution in [0.25, 0.3) is 0 Å². The van der Waals surface area contributed by atoms with E-state index in [1.807, 2.05) is 0 Å². The van der Waals surface area contributed by atoms with Gasteiger partial charge in [0.05, 0.1) is 10.5 Å². The van der Waals surface area contributed by atoms with Gasteiger partial charge < -0.3 is 0 Å². The zero-order chi connectivity index (χ0) is 22.2. The number of hydrogen-bond donors (Lipinski definition) is 0. The van der Waals surface area contributed by atoms with Crippen molar-refractivity contribution in [1.82, 2.24) is 0 Å². The van der Waals surface area contributed by atoms with Gasteiger partial charge in [0.15, 0.2) is 6.10 Å². The van der Waals surface area contributed by atoms with E-state index in [-0.39, 0.29) is 0 Å². The predicted molar refractivity (Wildman–Crippen MR) is 86.3 cm³/mol. The van der Waals surface area contributed by atoms with E-state index < -0.39 is 60.8 Å². The fraction of sp³-hybridized carbons (Fsp3) is 0.250. The van der Waals surface area contributed by atoms with Crippen LogP contribution in [0.2, 0.25) is 0 Å². The lowest BCUT2D eigenvalue weighted by molar-refractivity contribution is -0.385. The second kappa shape index (κ2) is 7.63. The molecule has 0 heterocycles. The Hall–Kier alpha value is -2.67. The van der Waals surface area contributed by atoms with Crippen LogP contribution in [0.4, 0.5) is 32.0 Å². The van der Waals surface area contributed by atoms with Crippen molar-refractivity contribution in [2.24, 2.45) is 0 Å². The zero-order valence-electron chi connectivity index (χ0n) is 14.3. The van der Waals surface area contributed by atoms with Gasteiger partial charge in [-0.1, -0.05) is 24.3 Å². The van der Waals surface area contributed by atoms with Crippen molar-refractivity contribution in [1.29, 1.82) is 0 Å². The molecule has 29 heavy (non-hydrogen) atoms. The van der Waals surface area contributed by atoms with Crippen LogP contribution in [0, 0.1) is 17.0 Å². The minimum Gasteiger partial charge on any atom is -0.258 e. The molecule has 0 spiro atoms. The summed E-state index contributed by atoms with van der Waals surface area (Å²) in [7, 11) is -5.33. The summed E-state index contributed by atoms with van der Waals surface area (Å²) in [6, 6.07) is 5.04. The summed E-state index contributed by atoms with van der Waals surface area (Å²) in [5.74, 6) is 0. The Morgan fingerprint density at radius 3 is 2.10 bits per heavy atom. The Morgan fingerprint density at radius 1 is 1.00 bits per heavy atom. The van der Waals surface area contributed by atoms with Crippen LogP contribution in [-0.2, 0) is 20.5 Å². The first-order valence-electron chi connectivity index (χ1n) is 7.56. The van der Waals surface area contributed by atoms with E-state index in [0.29, 0.717) is 12.1 Å². The van der Waals surface area contributed by atoms with E-state index in [1.54, 1.807) is 0 Å². The van der Waals surface area contributed by atoms with Crippen LogP contribution in [0.15, 0.2) is 47.4 Å². The largest absolute Gasteiger partial charge is 0.420 e. The molecule has 0 aliphatic rings. The van der Waals surface area contributed by atoms with Crippen molar-refractivity contribution < 1.29 is 43.9 Å². The molecule has 0 aromatic heterocycles. The molecule has 0 aliphatic carbocycles. The number of benzene rings is 2. The third-order valence-electron chi connectivity index (χ3n) is 3.79. The molecule has 0 amide bonds. The molecule has 0 bridgehead atoms. The van der Waals surface area contributed by atoms with Gasteiger partial charge in [-0.2, -0.15) is 34.8 Å². The minimum absolute atomic E-state index is 0.350. The molecule has 0 saturated carbocycles. The monoisotopic (exact) mass is 443 g/mol. The molecule has 2 rings (SSSR count). The van der Waals surface area contributed by atoms with Crippen LogP contribution < -0.4 is 0 Å². The minimum atomic E-state index is -5.54. The van der Waals surface area contributed by atoms with Gasteiger partial charge in [0.1, 0.15) is 4.90 Å². The van der Waals surface area contributed by atoms with E-state index in [4.69, 9.17) is 0 Å². The number of halogens is 6. The van der Waals surface area contributed by atoms with Gasteiger partial charge >= 0.3 is 12.4 Å². The highest BCUT2D eigenvalue weighted by Gasteiger charge is 2.49. The molecule has 0 fully saturated rings. The molecule has 2 aromatic carbocycles. The fourth-order valence-electron chi connectivity index (χ4n) is 2.52. The topological polar surface area (TPSA) is 86.5 Å². The van der Waals surface area contributed by atoms with E-state index in [0.717, 1.165) is 37.3 Å². The van der Waals surface area contributed by atoms with Gasteiger partial charge in [-0.15, -0.1) is 0 Å². The molecule has 1 atom stereocenters. The van der Waals surface area contributed by atoms with Crippen molar-refractivity contribution in [3.05, 3.63) is 69.3 Å². The average molecular weight is 443 g/mol. The fourth-order valence-corrected chi connectivity index (χ4v) is 3.81. The molecule has 0 saturated heterocycles. The molecule has 0 unspecified atom stereocenters. The van der Waals surface area contributed by atoms with Crippen LogP contribution in [0.5, 0.6) is 0 Å². The molecule has 13 heteroatoms. The highest BCUT2D eigenvalue weighted by molar-refractivity contribution is 7.86. The van der Waals surface area contributed by atoms with Crippen molar-refractivity contribution >= 4 is 15.8 Å². The van der Waals surface area contributed by atoms with Crippen molar-refractivity contribution in [3.8, 4) is 0 Å². The quantitative estimate of drug-likeness (QED) is 0.283. The third kappa shape index (κ3) is 4.85. The highest BCUT2D eigenvalue weighted by Crippen LogP contribution is 2.44. The summed E-state index contributed by atoms with van der Waals surface area (Å²) in [5, 5.41) is 10.9. The number of rotatable bonds is 5. The summed E-state index contributed by atoms with van der Waals surface area (Å²) < 4.78 is 109. The second-order valence-electron chi connectivity index (χ2n) is 5.71. The van der Waals surface area contributed by atoms with E-state index in [9.17, 15) is 44.9 Å². The predicted octanol–water partition coefficient (Wildman–Crippen LogP) is 4.93. The van der Waals surface area contributed by atoms with Crippen LogP contribution in [0.1, 0.15) is 22.8 Å². The molecular weight excluding hydrogens is 432 g/mol. The Balaban J connectivity index is 2.62. The number of alkyl halides is 6. The molecule has 0 N–H and O–H groups in total. The average Bonchev–Trinajstić information content (AvgIpc) is 2.58. The van der Waals surface area contributed by atoms with Gasteiger partial charge in [0.25, 0.3) is 15.8 Å². The standard InChI is InChI=1S/C16H11F6NO5S/c1-9-12(23(24)25)7-4-8-13(9)29(26,27)28-14(16(20,21)22)10-5-2-3-6-11(10)15(17,18)19/h2-8,14H,1H3/t14-/m0/s1. The molecule has 2 aromatic rings. The summed E-state index contributed by atoms with van der Waals surface area (Å²) >= 11 is 0. The highest BCUT2D eigenvalue weighted by atomic mass is 32.2. The lowest BCUT2D eigenvalue weighted by Gasteiger charge is -2.24. The lowest BCUT2D eigenvalue weighted by atomic mass is 10.0. The maximum absolute atomic E-state index is 13.5. The Labute approximate surface area is 160 Å². The summed E-state index contributed by atoms with van der Waals surface area (Å²) in [5.41, 5.74) is -4.43. The summed E-state index contributed by atoms with van der Waals surface area (Å²) in [4.78, 5) is 8.99. The van der Waals surface area contributed by atoms with Crippen LogP contribution in [0.3, 0.4) is 0 Å². The Morgan fingerprint density at radius 2 is 1.59 bits per heavy atom. The van der Waals surface area contributed by atoms with Gasteiger partial charge in [0.2, 0.25) is 0 Å². The van der Waals surface area contributed by atoms with Crippen molar-refractivity contribution in [3.63, 3.8) is 0 Å². The summed E-state index contributed by atoms with van der Waals surface area (Å²) in [6.45, 7) is 0.959. The first-order valence-corrected chi connectivity index (χ1v) is 8.97. The SMILES string of the molecule is Cc1c([N+](=O)[O-])cccc1S(=O)(=O)O[C@@H](c1ccccc1C(F)(F)F)C(F)(F)F.